The molecule has 0 saturated carbocycles. The number of benzene rings is 2. The Hall–Kier alpha value is -2.94. The highest BCUT2D eigenvalue weighted by Gasteiger charge is 2.18. The molecule has 0 aliphatic carbocycles. The summed E-state index contributed by atoms with van der Waals surface area (Å²) in [5.74, 6) is -0.693. The van der Waals surface area contributed by atoms with Crippen molar-refractivity contribution in [1.29, 1.82) is 0 Å². The number of aromatic nitrogens is 1. The Kier molecular flexibility index (Phi) is 7.50. The van der Waals surface area contributed by atoms with Crippen LogP contribution < -0.4 is 16.6 Å². The van der Waals surface area contributed by atoms with Gasteiger partial charge in [0.2, 0.25) is 5.43 Å². The summed E-state index contributed by atoms with van der Waals surface area (Å²) in [6, 6.07) is 10.4. The van der Waals surface area contributed by atoms with Crippen LogP contribution in [0.4, 0.5) is 0 Å². The third-order valence-corrected chi connectivity index (χ3v) is 5.36. The van der Waals surface area contributed by atoms with Crippen LogP contribution in [-0.4, -0.2) is 28.0 Å². The first kappa shape index (κ1) is 23.7. The number of halogens is 2. The Balaban J connectivity index is 2.20. The smallest absolute Gasteiger partial charge is 0.343 e. The number of fused-ring (bicyclic) bond motifs is 1. The van der Waals surface area contributed by atoms with Crippen molar-refractivity contribution in [2.24, 2.45) is 10.8 Å². The molecule has 1 heterocycles. The maximum absolute atomic E-state index is 13.1. The van der Waals surface area contributed by atoms with E-state index in [1.165, 1.54) is 6.20 Å². The number of nitrogens with zero attached hydrogens (tertiary/aromatic N) is 2. The van der Waals surface area contributed by atoms with Gasteiger partial charge in [-0.1, -0.05) is 35.3 Å². The lowest BCUT2D eigenvalue weighted by Crippen LogP contribution is -2.25. The lowest BCUT2D eigenvalue weighted by atomic mass is 10.0. The lowest BCUT2D eigenvalue weighted by molar-refractivity contribution is 0.0524. The van der Waals surface area contributed by atoms with Gasteiger partial charge in [-0.05, 0) is 61.5 Å². The molecule has 0 aliphatic rings. The first-order valence-electron chi connectivity index (χ1n) is 9.59. The monoisotopic (exact) mass is 490 g/mol. The SMILES string of the molecule is CCOC(=O)c1cn(Cc2ccc(Cl)cc2Cl)c2ccc(/C(C)=N/NC(N)=S)cc2c1=O. The van der Waals surface area contributed by atoms with Gasteiger partial charge in [0.1, 0.15) is 5.56 Å². The first-order valence-corrected chi connectivity index (χ1v) is 10.8. The van der Waals surface area contributed by atoms with E-state index in [1.54, 1.807) is 48.7 Å². The van der Waals surface area contributed by atoms with Gasteiger partial charge in [-0.3, -0.25) is 10.2 Å². The molecule has 0 atom stereocenters. The Bertz CT molecular complexity index is 1300. The quantitative estimate of drug-likeness (QED) is 0.233. The highest BCUT2D eigenvalue weighted by atomic mass is 35.5. The molecule has 3 aromatic rings. The van der Waals surface area contributed by atoms with Crippen LogP contribution in [0.2, 0.25) is 10.0 Å². The van der Waals surface area contributed by atoms with Crippen molar-refractivity contribution < 1.29 is 9.53 Å². The maximum atomic E-state index is 13.1. The van der Waals surface area contributed by atoms with Crippen LogP contribution in [0, 0.1) is 0 Å². The van der Waals surface area contributed by atoms with Crippen molar-refractivity contribution in [3.63, 3.8) is 0 Å². The third-order valence-electron chi connectivity index (χ3n) is 4.68. The number of hydrazone groups is 1. The van der Waals surface area contributed by atoms with E-state index in [4.69, 9.17) is 45.9 Å². The summed E-state index contributed by atoms with van der Waals surface area (Å²) < 4.78 is 6.87. The topological polar surface area (TPSA) is 98.7 Å². The number of nitrogens with one attached hydrogen (secondary N) is 1. The molecule has 0 saturated heterocycles. The molecule has 0 fully saturated rings. The maximum Gasteiger partial charge on any atom is 0.343 e. The molecule has 10 heteroatoms. The van der Waals surface area contributed by atoms with Gasteiger partial charge in [-0.15, -0.1) is 0 Å². The molecule has 166 valence electrons. The zero-order valence-corrected chi connectivity index (χ0v) is 19.6. The molecule has 7 nitrogen and oxygen atoms in total. The van der Waals surface area contributed by atoms with Crippen LogP contribution >= 0.6 is 35.4 Å². The average Bonchev–Trinajstić information content (AvgIpc) is 2.75. The van der Waals surface area contributed by atoms with Gasteiger partial charge in [-0.25, -0.2) is 4.79 Å². The third kappa shape index (κ3) is 5.27. The molecule has 3 N–H and O–H groups in total. The van der Waals surface area contributed by atoms with Crippen molar-refractivity contribution >= 4 is 63.1 Å². The first-order chi connectivity index (χ1) is 15.2. The van der Waals surface area contributed by atoms with Crippen LogP contribution in [0.15, 0.2) is 52.5 Å². The van der Waals surface area contributed by atoms with Crippen molar-refractivity contribution in [2.45, 2.75) is 20.4 Å². The van der Waals surface area contributed by atoms with E-state index in [0.717, 1.165) is 5.56 Å². The van der Waals surface area contributed by atoms with E-state index >= 15 is 0 Å². The second-order valence-corrected chi connectivity index (χ2v) is 8.14. The normalized spacial score (nSPS) is 11.4. The minimum atomic E-state index is -0.693. The fourth-order valence-electron chi connectivity index (χ4n) is 3.14. The number of carbonyl (C=O) groups excluding carboxylic acids is 1. The predicted octanol–water partition coefficient (Wildman–Crippen LogP) is 4.09. The van der Waals surface area contributed by atoms with Gasteiger partial charge in [0.25, 0.3) is 0 Å². The fraction of sp³-hybridized carbons (Fsp3) is 0.182. The predicted molar refractivity (Wildman–Crippen MR) is 132 cm³/mol. The van der Waals surface area contributed by atoms with Crippen LogP contribution in [-0.2, 0) is 11.3 Å². The van der Waals surface area contributed by atoms with Crippen LogP contribution in [0.1, 0.15) is 35.3 Å². The van der Waals surface area contributed by atoms with Crippen LogP contribution in [0.5, 0.6) is 0 Å². The Morgan fingerprint density at radius 3 is 2.66 bits per heavy atom. The largest absolute Gasteiger partial charge is 0.462 e. The van der Waals surface area contributed by atoms with Gasteiger partial charge in [0.15, 0.2) is 5.11 Å². The number of ether oxygens (including phenoxy) is 1. The van der Waals surface area contributed by atoms with Gasteiger partial charge < -0.3 is 15.0 Å². The number of thiocarbonyl (C=S) groups is 1. The molecule has 0 spiro atoms. The van der Waals surface area contributed by atoms with E-state index in [-0.39, 0.29) is 17.3 Å². The second-order valence-electron chi connectivity index (χ2n) is 6.86. The summed E-state index contributed by atoms with van der Waals surface area (Å²) in [7, 11) is 0. The van der Waals surface area contributed by atoms with Crippen molar-refractivity contribution in [3.05, 3.63) is 79.6 Å². The number of hydrogen-bond donors (Lipinski definition) is 2. The van der Waals surface area contributed by atoms with E-state index in [9.17, 15) is 9.59 Å². The highest BCUT2D eigenvalue weighted by molar-refractivity contribution is 7.80. The summed E-state index contributed by atoms with van der Waals surface area (Å²) in [5.41, 5.74) is 10.1. The minimum absolute atomic E-state index is 0.0249. The zero-order chi connectivity index (χ0) is 23.4. The molecular formula is C22H20Cl2N4O3S. The second kappa shape index (κ2) is 10.1. The van der Waals surface area contributed by atoms with E-state index in [2.05, 4.69) is 10.5 Å². The highest BCUT2D eigenvalue weighted by Crippen LogP contribution is 2.24. The zero-order valence-electron chi connectivity index (χ0n) is 17.3. The summed E-state index contributed by atoms with van der Waals surface area (Å²) in [5, 5.41) is 5.45. The fourth-order valence-corrected chi connectivity index (χ4v) is 3.66. The van der Waals surface area contributed by atoms with E-state index in [1.807, 2.05) is 6.07 Å². The average molecular weight is 491 g/mol. The van der Waals surface area contributed by atoms with Crippen LogP contribution in [0.25, 0.3) is 10.9 Å². The molecule has 2 aromatic carbocycles. The van der Waals surface area contributed by atoms with Gasteiger partial charge in [0.05, 0.1) is 17.8 Å². The van der Waals surface area contributed by atoms with Gasteiger partial charge in [0, 0.05) is 28.2 Å². The Morgan fingerprint density at radius 2 is 2.00 bits per heavy atom. The number of nitrogens with two attached hydrogens (primary N) is 1. The molecular weight excluding hydrogens is 471 g/mol. The van der Waals surface area contributed by atoms with Gasteiger partial charge >= 0.3 is 5.97 Å². The van der Waals surface area contributed by atoms with Gasteiger partial charge in [-0.2, -0.15) is 5.10 Å². The lowest BCUT2D eigenvalue weighted by Gasteiger charge is -2.15. The molecule has 0 radical (unpaired) electrons. The molecule has 3 rings (SSSR count). The molecule has 1 aromatic heterocycles. The summed E-state index contributed by atoms with van der Waals surface area (Å²) in [6.07, 6.45) is 1.49. The number of pyridine rings is 1. The van der Waals surface area contributed by atoms with Crippen molar-refractivity contribution in [1.82, 2.24) is 9.99 Å². The summed E-state index contributed by atoms with van der Waals surface area (Å²) >= 11 is 17.1. The van der Waals surface area contributed by atoms with E-state index < -0.39 is 11.4 Å². The molecule has 32 heavy (non-hydrogen) atoms. The number of hydrogen-bond acceptors (Lipinski definition) is 5. The number of rotatable bonds is 6. The van der Waals surface area contributed by atoms with E-state index in [0.29, 0.717) is 38.8 Å². The van der Waals surface area contributed by atoms with Crippen molar-refractivity contribution in [3.8, 4) is 0 Å². The van der Waals surface area contributed by atoms with Crippen molar-refractivity contribution in [2.75, 3.05) is 6.61 Å². The Morgan fingerprint density at radius 1 is 1.25 bits per heavy atom. The van der Waals surface area contributed by atoms with Crippen LogP contribution in [0.3, 0.4) is 0 Å². The molecule has 0 amide bonds. The molecule has 0 bridgehead atoms. The standard InChI is InChI=1S/C22H20Cl2N4O3S/c1-3-31-21(30)17-11-28(10-14-4-6-15(23)9-18(14)24)19-7-5-13(8-16(19)20(17)29)12(2)26-27-22(25)32/h4-9,11H,3,10H2,1-2H3,(H3,25,27,32)/b26-12+. The Labute approximate surface area is 199 Å². The summed E-state index contributed by atoms with van der Waals surface area (Å²) in [6.45, 7) is 3.88. The minimum Gasteiger partial charge on any atom is -0.462 e. The number of esters is 1. The summed E-state index contributed by atoms with van der Waals surface area (Å²) in [4.78, 5) is 25.6. The number of carbonyl (C=O) groups is 1. The molecule has 0 unspecified atom stereocenters. The molecule has 0 aliphatic heterocycles.